The Labute approximate surface area is 185 Å². The highest BCUT2D eigenvalue weighted by atomic mass is 16.2. The molecule has 2 N–H and O–H groups in total. The van der Waals surface area contributed by atoms with Crippen LogP contribution in [0.5, 0.6) is 0 Å². The van der Waals surface area contributed by atoms with E-state index in [4.69, 9.17) is 5.73 Å². The first kappa shape index (κ1) is 19.9. The predicted molar refractivity (Wildman–Crippen MR) is 124 cm³/mol. The van der Waals surface area contributed by atoms with Gasteiger partial charge in [0.15, 0.2) is 0 Å². The lowest BCUT2D eigenvalue weighted by atomic mass is 9.98. The summed E-state index contributed by atoms with van der Waals surface area (Å²) in [7, 11) is 0. The molecule has 1 fully saturated rings. The smallest absolute Gasteiger partial charge is 0.324 e. The highest BCUT2D eigenvalue weighted by Gasteiger charge is 2.23. The fourth-order valence-electron chi connectivity index (χ4n) is 4.59. The zero-order chi connectivity index (χ0) is 22.4. The van der Waals surface area contributed by atoms with Gasteiger partial charge in [-0.3, -0.25) is 9.78 Å². The first-order chi connectivity index (χ1) is 15.5. The van der Waals surface area contributed by atoms with Crippen molar-refractivity contribution >= 4 is 28.7 Å². The minimum atomic E-state index is -0.562. The molecule has 3 aromatic heterocycles. The van der Waals surface area contributed by atoms with Gasteiger partial charge in [-0.1, -0.05) is 12.1 Å². The van der Waals surface area contributed by atoms with Crippen LogP contribution in [0.2, 0.25) is 0 Å². The molecule has 0 radical (unpaired) electrons. The van der Waals surface area contributed by atoms with Crippen molar-refractivity contribution in [3.63, 3.8) is 0 Å². The van der Waals surface area contributed by atoms with Crippen LogP contribution < -0.4 is 10.6 Å². The molecule has 160 valence electrons. The van der Waals surface area contributed by atoms with Gasteiger partial charge >= 0.3 is 6.03 Å². The van der Waals surface area contributed by atoms with E-state index in [-0.39, 0.29) is 5.91 Å². The zero-order valence-electron chi connectivity index (χ0n) is 18.0. The molecule has 32 heavy (non-hydrogen) atoms. The number of carbonyl (C=O) groups is 2. The lowest BCUT2D eigenvalue weighted by molar-refractivity contribution is -0.117. The Kier molecular flexibility index (Phi) is 4.74. The van der Waals surface area contributed by atoms with Gasteiger partial charge < -0.3 is 10.6 Å². The second-order valence-electron chi connectivity index (χ2n) is 8.12. The third-order valence-electron chi connectivity index (χ3n) is 6.13. The van der Waals surface area contributed by atoms with Gasteiger partial charge in [-0.2, -0.15) is 0 Å². The summed E-state index contributed by atoms with van der Waals surface area (Å²) in [5.74, 6) is 0.173. The first-order valence-electron chi connectivity index (χ1n) is 10.6. The average molecular weight is 425 g/mol. The molecule has 1 saturated heterocycles. The molecule has 0 spiro atoms. The van der Waals surface area contributed by atoms with Crippen LogP contribution in [0, 0.1) is 13.8 Å². The number of aromatic nitrogens is 3. The molecule has 0 atom stereocenters. The largest absolute Gasteiger partial charge is 0.351 e. The van der Waals surface area contributed by atoms with E-state index in [1.807, 2.05) is 55.3 Å². The number of nitrogens with zero attached hydrogens (tertiary/aromatic N) is 4. The second kappa shape index (κ2) is 7.60. The highest BCUT2D eigenvalue weighted by molar-refractivity contribution is 6.03. The molecule has 0 bridgehead atoms. The average Bonchev–Trinajstić information content (AvgIpc) is 3.35. The van der Waals surface area contributed by atoms with Crippen LogP contribution in [0.15, 0.2) is 55.0 Å². The number of hydrogen-bond donors (Lipinski definition) is 1. The Morgan fingerprint density at radius 2 is 1.78 bits per heavy atom. The van der Waals surface area contributed by atoms with Crippen LogP contribution in [-0.2, 0) is 4.79 Å². The summed E-state index contributed by atoms with van der Waals surface area (Å²) in [6, 6.07) is 11.4. The maximum Gasteiger partial charge on any atom is 0.324 e. The Hall–Kier alpha value is -4.00. The third kappa shape index (κ3) is 3.13. The number of rotatable bonds is 3. The maximum absolute atomic E-state index is 12.1. The molecule has 0 aliphatic carbocycles. The maximum atomic E-state index is 12.1. The molecular weight excluding hydrogens is 402 g/mol. The SMILES string of the molecule is Cc1ccnc2c1c(-c1cncc(-c3ccc(N4CCCC4=O)cc3)c1)c(C)n2C(N)=O. The third-order valence-corrected chi connectivity index (χ3v) is 6.13. The van der Waals surface area contributed by atoms with E-state index in [1.54, 1.807) is 12.4 Å². The Morgan fingerprint density at radius 3 is 2.47 bits per heavy atom. The van der Waals surface area contributed by atoms with Crippen LogP contribution in [0.1, 0.15) is 24.1 Å². The monoisotopic (exact) mass is 425 g/mol. The number of pyridine rings is 2. The fourth-order valence-corrected chi connectivity index (χ4v) is 4.59. The van der Waals surface area contributed by atoms with Crippen molar-refractivity contribution in [2.45, 2.75) is 26.7 Å². The van der Waals surface area contributed by atoms with Crippen molar-refractivity contribution < 1.29 is 9.59 Å². The molecule has 0 saturated carbocycles. The molecule has 7 nitrogen and oxygen atoms in total. The van der Waals surface area contributed by atoms with E-state index in [0.29, 0.717) is 12.1 Å². The van der Waals surface area contributed by atoms with Gasteiger partial charge in [0.2, 0.25) is 5.91 Å². The van der Waals surface area contributed by atoms with E-state index in [1.165, 1.54) is 4.57 Å². The number of amides is 2. The number of aryl methyl sites for hydroxylation is 1. The van der Waals surface area contributed by atoms with Crippen molar-refractivity contribution in [1.29, 1.82) is 0 Å². The van der Waals surface area contributed by atoms with E-state index in [0.717, 1.165) is 57.6 Å². The van der Waals surface area contributed by atoms with E-state index < -0.39 is 6.03 Å². The summed E-state index contributed by atoms with van der Waals surface area (Å²) in [6.45, 7) is 4.63. The molecule has 4 aromatic rings. The summed E-state index contributed by atoms with van der Waals surface area (Å²) >= 11 is 0. The van der Waals surface area contributed by atoms with Gasteiger partial charge in [-0.15, -0.1) is 0 Å². The molecule has 5 rings (SSSR count). The van der Waals surface area contributed by atoms with Crippen molar-refractivity contribution in [3.8, 4) is 22.3 Å². The lowest BCUT2D eigenvalue weighted by Gasteiger charge is -2.16. The molecule has 1 aliphatic heterocycles. The number of nitrogens with two attached hydrogens (primary N) is 1. The Bertz CT molecular complexity index is 1370. The molecule has 0 unspecified atom stereocenters. The topological polar surface area (TPSA) is 94.1 Å². The van der Waals surface area contributed by atoms with E-state index >= 15 is 0 Å². The van der Waals surface area contributed by atoms with Gasteiger partial charge in [0.25, 0.3) is 0 Å². The quantitative estimate of drug-likeness (QED) is 0.525. The Balaban J connectivity index is 1.60. The number of carbonyl (C=O) groups excluding carboxylic acids is 2. The van der Waals surface area contributed by atoms with Crippen molar-refractivity contribution in [2.75, 3.05) is 11.4 Å². The minimum absolute atomic E-state index is 0.173. The number of fused-ring (bicyclic) bond motifs is 1. The fraction of sp³-hybridized carbons (Fsp3) is 0.200. The van der Waals surface area contributed by atoms with Gasteiger partial charge in [0.1, 0.15) is 5.65 Å². The summed E-state index contributed by atoms with van der Waals surface area (Å²) < 4.78 is 1.45. The van der Waals surface area contributed by atoms with Crippen molar-refractivity contribution in [3.05, 3.63) is 66.2 Å². The van der Waals surface area contributed by atoms with Gasteiger partial charge in [0.05, 0.1) is 0 Å². The summed E-state index contributed by atoms with van der Waals surface area (Å²) in [4.78, 5) is 34.9. The number of primary amides is 1. The molecule has 7 heteroatoms. The van der Waals surface area contributed by atoms with E-state index in [9.17, 15) is 9.59 Å². The minimum Gasteiger partial charge on any atom is -0.351 e. The highest BCUT2D eigenvalue weighted by Crippen LogP contribution is 2.37. The zero-order valence-corrected chi connectivity index (χ0v) is 18.0. The summed E-state index contributed by atoms with van der Waals surface area (Å²) in [5.41, 5.74) is 12.6. The first-order valence-corrected chi connectivity index (χ1v) is 10.6. The number of anilines is 1. The predicted octanol–water partition coefficient (Wildman–Crippen LogP) is 4.44. The number of benzene rings is 1. The van der Waals surface area contributed by atoms with Gasteiger partial charge in [0, 0.05) is 65.0 Å². The summed E-state index contributed by atoms with van der Waals surface area (Å²) in [6.07, 6.45) is 6.80. The molecule has 4 heterocycles. The second-order valence-corrected chi connectivity index (χ2v) is 8.12. The Morgan fingerprint density at radius 1 is 1.03 bits per heavy atom. The van der Waals surface area contributed by atoms with Crippen LogP contribution in [-0.4, -0.2) is 33.0 Å². The van der Waals surface area contributed by atoms with Crippen LogP contribution >= 0.6 is 0 Å². The van der Waals surface area contributed by atoms with Crippen molar-refractivity contribution in [2.24, 2.45) is 5.73 Å². The van der Waals surface area contributed by atoms with Crippen LogP contribution in [0.4, 0.5) is 10.5 Å². The van der Waals surface area contributed by atoms with Crippen LogP contribution in [0.25, 0.3) is 33.3 Å². The lowest BCUT2D eigenvalue weighted by Crippen LogP contribution is -2.23. The van der Waals surface area contributed by atoms with Gasteiger partial charge in [-0.05, 0) is 55.7 Å². The molecular formula is C25H23N5O2. The van der Waals surface area contributed by atoms with E-state index in [2.05, 4.69) is 16.0 Å². The van der Waals surface area contributed by atoms with Crippen LogP contribution in [0.3, 0.4) is 0 Å². The molecule has 2 amide bonds. The molecule has 1 aromatic carbocycles. The normalized spacial score (nSPS) is 13.8. The number of hydrogen-bond acceptors (Lipinski definition) is 4. The summed E-state index contributed by atoms with van der Waals surface area (Å²) in [5, 5.41) is 0.894. The standard InChI is InChI=1S/C25H23N5O2/c1-15-9-10-28-24-22(15)23(16(2)30(24)25(26)32)19-12-18(13-27-14-19)17-5-7-20(8-6-17)29-11-3-4-21(29)31/h5-10,12-14H,3-4,11H2,1-2H3,(H2,26,32). The van der Waals surface area contributed by atoms with Crippen molar-refractivity contribution in [1.82, 2.24) is 14.5 Å². The van der Waals surface area contributed by atoms with Gasteiger partial charge in [-0.25, -0.2) is 14.3 Å². The molecule has 1 aliphatic rings.